The number of carbonyl (C=O) groups is 1. The van der Waals surface area contributed by atoms with Crippen molar-refractivity contribution in [1.82, 2.24) is 19.9 Å². The number of aromatic nitrogens is 3. The fourth-order valence-corrected chi connectivity index (χ4v) is 4.73. The second kappa shape index (κ2) is 9.26. The molecule has 9 heteroatoms. The van der Waals surface area contributed by atoms with Crippen molar-refractivity contribution < 1.29 is 9.18 Å². The molecule has 0 atom stereocenters. The lowest BCUT2D eigenvalue weighted by molar-refractivity contribution is 0.0766. The van der Waals surface area contributed by atoms with Crippen LogP contribution in [-0.2, 0) is 0 Å². The van der Waals surface area contributed by atoms with Crippen LogP contribution in [0.2, 0.25) is 0 Å². The lowest BCUT2D eigenvalue weighted by atomic mass is 10.2. The highest BCUT2D eigenvalue weighted by Crippen LogP contribution is 2.25. The number of anilines is 3. The van der Waals surface area contributed by atoms with Gasteiger partial charge in [-0.2, -0.15) is 15.0 Å². The Hall–Kier alpha value is -2.97. The van der Waals surface area contributed by atoms with Gasteiger partial charge in [0.25, 0.3) is 5.91 Å². The minimum Gasteiger partial charge on any atom is -0.341 e. The first-order valence-corrected chi connectivity index (χ1v) is 11.7. The van der Waals surface area contributed by atoms with E-state index < -0.39 is 0 Å². The van der Waals surface area contributed by atoms with Gasteiger partial charge in [0, 0.05) is 57.9 Å². The van der Waals surface area contributed by atoms with Crippen molar-refractivity contribution in [1.29, 1.82) is 0 Å². The van der Waals surface area contributed by atoms with E-state index in [2.05, 4.69) is 14.7 Å². The molecule has 4 heterocycles. The lowest BCUT2D eigenvalue weighted by Crippen LogP contribution is -2.36. The predicted octanol–water partition coefficient (Wildman–Crippen LogP) is 2.56. The molecule has 0 spiro atoms. The summed E-state index contributed by atoms with van der Waals surface area (Å²) in [6, 6.07) is 5.92. The average Bonchev–Trinajstić information content (AvgIpc) is 3.49. The number of benzene rings is 1. The molecule has 0 unspecified atom stereocenters. The molecule has 0 bridgehead atoms. The van der Waals surface area contributed by atoms with E-state index in [-0.39, 0.29) is 11.7 Å². The van der Waals surface area contributed by atoms with Gasteiger partial charge in [-0.15, -0.1) is 0 Å². The number of nitrogens with zero attached hydrogens (tertiary/aromatic N) is 7. The molecule has 3 aliphatic heterocycles. The van der Waals surface area contributed by atoms with Crippen molar-refractivity contribution in [3.8, 4) is 0 Å². The summed E-state index contributed by atoms with van der Waals surface area (Å²) in [4.78, 5) is 35.9. The molecule has 1 aromatic carbocycles. The zero-order valence-corrected chi connectivity index (χ0v) is 18.4. The summed E-state index contributed by atoms with van der Waals surface area (Å²) in [6.07, 6.45) is 5.48. The standard InChI is InChI=1S/C23H30FN7O/c24-19-8-5-7-18(17-19)20(32)28-13-6-14-31(16-15-28)23-26-21(29-9-1-2-10-29)25-22(27-23)30-11-3-4-12-30/h5,7-8,17H,1-4,6,9-16H2. The van der Waals surface area contributed by atoms with Gasteiger partial charge in [0.1, 0.15) is 5.82 Å². The highest BCUT2D eigenvalue weighted by molar-refractivity contribution is 5.94. The van der Waals surface area contributed by atoms with Crippen LogP contribution in [0.25, 0.3) is 0 Å². The summed E-state index contributed by atoms with van der Waals surface area (Å²) in [5, 5.41) is 0. The van der Waals surface area contributed by atoms with Crippen LogP contribution < -0.4 is 14.7 Å². The van der Waals surface area contributed by atoms with Gasteiger partial charge in [-0.25, -0.2) is 4.39 Å². The summed E-state index contributed by atoms with van der Waals surface area (Å²) in [6.45, 7) is 6.54. The highest BCUT2D eigenvalue weighted by Gasteiger charge is 2.26. The topological polar surface area (TPSA) is 68.7 Å². The molecule has 170 valence electrons. The summed E-state index contributed by atoms with van der Waals surface area (Å²) in [7, 11) is 0. The highest BCUT2D eigenvalue weighted by atomic mass is 19.1. The third kappa shape index (κ3) is 4.47. The van der Waals surface area contributed by atoms with Crippen molar-refractivity contribution >= 4 is 23.8 Å². The molecule has 8 nitrogen and oxygen atoms in total. The lowest BCUT2D eigenvalue weighted by Gasteiger charge is -2.25. The average molecular weight is 440 g/mol. The fraction of sp³-hybridized carbons (Fsp3) is 0.565. The molecule has 1 amide bonds. The summed E-state index contributed by atoms with van der Waals surface area (Å²) in [5.41, 5.74) is 0.395. The Bertz CT molecular complexity index is 925. The summed E-state index contributed by atoms with van der Waals surface area (Å²) >= 11 is 0. The van der Waals surface area contributed by atoms with Crippen LogP contribution in [0.3, 0.4) is 0 Å². The van der Waals surface area contributed by atoms with E-state index in [0.29, 0.717) is 31.1 Å². The van der Waals surface area contributed by atoms with Crippen LogP contribution in [0.1, 0.15) is 42.5 Å². The Morgan fingerprint density at radius 2 is 1.22 bits per heavy atom. The molecule has 3 fully saturated rings. The first-order valence-electron chi connectivity index (χ1n) is 11.7. The van der Waals surface area contributed by atoms with Crippen LogP contribution in [0.5, 0.6) is 0 Å². The van der Waals surface area contributed by atoms with E-state index >= 15 is 0 Å². The zero-order valence-electron chi connectivity index (χ0n) is 18.4. The Morgan fingerprint density at radius 3 is 1.78 bits per heavy atom. The minimum absolute atomic E-state index is 0.127. The summed E-state index contributed by atoms with van der Waals surface area (Å²) in [5.74, 6) is 1.72. The molecule has 3 aliphatic rings. The van der Waals surface area contributed by atoms with Gasteiger partial charge in [-0.05, 0) is 50.3 Å². The molecule has 5 rings (SSSR count). The monoisotopic (exact) mass is 439 g/mol. The Labute approximate surface area is 188 Å². The van der Waals surface area contributed by atoms with Gasteiger partial charge in [-0.3, -0.25) is 4.79 Å². The van der Waals surface area contributed by atoms with Crippen molar-refractivity contribution in [3.63, 3.8) is 0 Å². The predicted molar refractivity (Wildman–Crippen MR) is 122 cm³/mol. The SMILES string of the molecule is O=C(c1cccc(F)c1)N1CCCN(c2nc(N3CCCC3)nc(N3CCCC3)n2)CC1. The molecule has 0 saturated carbocycles. The van der Waals surface area contributed by atoms with Crippen LogP contribution in [0, 0.1) is 5.82 Å². The van der Waals surface area contributed by atoms with Gasteiger partial charge < -0.3 is 19.6 Å². The van der Waals surface area contributed by atoms with Crippen molar-refractivity contribution in [2.45, 2.75) is 32.1 Å². The maximum Gasteiger partial charge on any atom is 0.254 e. The van der Waals surface area contributed by atoms with E-state index in [4.69, 9.17) is 15.0 Å². The first kappa shape index (κ1) is 20.9. The van der Waals surface area contributed by atoms with Crippen LogP contribution in [0.4, 0.5) is 22.2 Å². The maximum absolute atomic E-state index is 13.6. The molecule has 0 radical (unpaired) electrons. The number of carbonyl (C=O) groups excluding carboxylic acids is 1. The van der Waals surface area contributed by atoms with Gasteiger partial charge >= 0.3 is 0 Å². The van der Waals surface area contributed by atoms with E-state index in [0.717, 1.165) is 51.0 Å². The largest absolute Gasteiger partial charge is 0.341 e. The van der Waals surface area contributed by atoms with E-state index in [1.807, 2.05) is 0 Å². The van der Waals surface area contributed by atoms with E-state index in [9.17, 15) is 9.18 Å². The van der Waals surface area contributed by atoms with Crippen LogP contribution in [0.15, 0.2) is 24.3 Å². The number of hydrogen-bond acceptors (Lipinski definition) is 7. The molecule has 2 aromatic rings. The van der Waals surface area contributed by atoms with Gasteiger partial charge in [0.05, 0.1) is 0 Å². The molecular formula is C23H30FN7O. The zero-order chi connectivity index (χ0) is 21.9. The van der Waals surface area contributed by atoms with Gasteiger partial charge in [-0.1, -0.05) is 6.07 Å². The molecule has 1 aromatic heterocycles. The molecule has 3 saturated heterocycles. The molecule has 0 N–H and O–H groups in total. The van der Waals surface area contributed by atoms with Crippen LogP contribution >= 0.6 is 0 Å². The second-order valence-electron chi connectivity index (χ2n) is 8.77. The molecular weight excluding hydrogens is 409 g/mol. The van der Waals surface area contributed by atoms with Crippen molar-refractivity contribution in [2.24, 2.45) is 0 Å². The van der Waals surface area contributed by atoms with Crippen molar-refractivity contribution in [2.75, 3.05) is 67.1 Å². The molecule has 0 aliphatic carbocycles. The maximum atomic E-state index is 13.6. The number of hydrogen-bond donors (Lipinski definition) is 0. The van der Waals surface area contributed by atoms with Gasteiger partial charge in [0.15, 0.2) is 0 Å². The Morgan fingerprint density at radius 1 is 0.688 bits per heavy atom. The number of halogens is 1. The molecule has 32 heavy (non-hydrogen) atoms. The number of amides is 1. The number of rotatable bonds is 4. The van der Waals surface area contributed by atoms with E-state index in [1.165, 1.54) is 37.8 Å². The first-order chi connectivity index (χ1) is 15.7. The minimum atomic E-state index is -0.388. The normalized spacial score (nSPS) is 19.5. The van der Waals surface area contributed by atoms with Crippen molar-refractivity contribution in [3.05, 3.63) is 35.6 Å². The third-order valence-electron chi connectivity index (χ3n) is 6.52. The fourth-order valence-electron chi connectivity index (χ4n) is 4.73. The Balaban J connectivity index is 1.35. The second-order valence-corrected chi connectivity index (χ2v) is 8.77. The summed E-state index contributed by atoms with van der Waals surface area (Å²) < 4.78 is 13.6. The Kier molecular flexibility index (Phi) is 6.05. The smallest absolute Gasteiger partial charge is 0.254 e. The quantitative estimate of drug-likeness (QED) is 0.725. The van der Waals surface area contributed by atoms with Crippen LogP contribution in [-0.4, -0.2) is 78.1 Å². The van der Waals surface area contributed by atoms with E-state index in [1.54, 1.807) is 17.0 Å². The van der Waals surface area contributed by atoms with Gasteiger partial charge in [0.2, 0.25) is 17.8 Å². The third-order valence-corrected chi connectivity index (χ3v) is 6.52.